The number of methoxy groups -OCH3 is 1. The fraction of sp³-hybridized carbons (Fsp3) is 0.632. The molecule has 0 N–H and O–H groups in total. The molecule has 128 valence electrons. The quantitative estimate of drug-likeness (QED) is 0.464. The van der Waals surface area contributed by atoms with E-state index in [1.54, 1.807) is 32.2 Å². The lowest BCUT2D eigenvalue weighted by Gasteiger charge is -2.11. The molecule has 0 atom stereocenters. The molecule has 0 heterocycles. The number of unbranched alkanes of at least 4 members (excludes halogenated alkanes) is 2. The van der Waals surface area contributed by atoms with Crippen LogP contribution in [0.5, 0.6) is 11.5 Å². The molecule has 0 saturated heterocycles. The van der Waals surface area contributed by atoms with Crippen molar-refractivity contribution in [3.05, 3.63) is 23.8 Å². The van der Waals surface area contributed by atoms with Crippen LogP contribution in [0, 0.1) is 0 Å². The Morgan fingerprint density at radius 2 is 1.64 bits per heavy atom. The van der Waals surface area contributed by atoms with E-state index in [1.807, 2.05) is 13.8 Å². The maximum atomic E-state index is 11.3. The van der Waals surface area contributed by atoms with Gasteiger partial charge in [0.15, 0.2) is 17.3 Å². The van der Waals surface area contributed by atoms with E-state index < -0.39 is 0 Å². The molecular formula is C19H34O3. The summed E-state index contributed by atoms with van der Waals surface area (Å²) in [5.41, 5.74) is 0.649. The number of Topliss-reactive ketones (excluding diaryl/α,β-unsaturated/α-hetero) is 1. The largest absolute Gasteiger partial charge is 0.493 e. The van der Waals surface area contributed by atoms with Crippen molar-refractivity contribution in [3.63, 3.8) is 0 Å². The lowest BCUT2D eigenvalue weighted by molar-refractivity contribution is 0.101. The van der Waals surface area contributed by atoms with Gasteiger partial charge >= 0.3 is 0 Å². The minimum absolute atomic E-state index is 0.0334. The van der Waals surface area contributed by atoms with Crippen LogP contribution >= 0.6 is 0 Å². The summed E-state index contributed by atoms with van der Waals surface area (Å²) in [7, 11) is 1.60. The number of benzene rings is 1. The second kappa shape index (κ2) is 15.9. The van der Waals surface area contributed by atoms with E-state index >= 15 is 0 Å². The molecule has 0 saturated carbocycles. The van der Waals surface area contributed by atoms with Crippen molar-refractivity contribution in [3.8, 4) is 11.5 Å². The van der Waals surface area contributed by atoms with Crippen LogP contribution in [0.3, 0.4) is 0 Å². The second-order valence-electron chi connectivity index (χ2n) is 4.68. The molecule has 0 unspecified atom stereocenters. The number of hydrogen-bond acceptors (Lipinski definition) is 3. The van der Waals surface area contributed by atoms with Crippen LogP contribution in [0.2, 0.25) is 0 Å². The predicted octanol–water partition coefficient (Wildman–Crippen LogP) is 5.91. The average molecular weight is 310 g/mol. The van der Waals surface area contributed by atoms with Gasteiger partial charge in [-0.3, -0.25) is 4.79 Å². The first-order valence-corrected chi connectivity index (χ1v) is 8.42. The molecule has 0 aliphatic carbocycles. The fourth-order valence-corrected chi connectivity index (χ4v) is 1.54. The maximum absolute atomic E-state index is 11.3. The zero-order valence-electron chi connectivity index (χ0n) is 15.5. The number of ketones is 1. The van der Waals surface area contributed by atoms with Gasteiger partial charge in [0.1, 0.15) is 0 Å². The molecule has 1 rings (SSSR count). The van der Waals surface area contributed by atoms with Crippen molar-refractivity contribution in [2.45, 2.75) is 67.2 Å². The first-order valence-electron chi connectivity index (χ1n) is 8.42. The molecule has 0 fully saturated rings. The van der Waals surface area contributed by atoms with Crippen molar-refractivity contribution in [1.29, 1.82) is 0 Å². The molecule has 0 radical (unpaired) electrons. The van der Waals surface area contributed by atoms with Gasteiger partial charge in [-0.2, -0.15) is 0 Å². The van der Waals surface area contributed by atoms with E-state index in [1.165, 1.54) is 6.42 Å². The Bertz CT molecular complexity index is 386. The third-order valence-electron chi connectivity index (χ3n) is 2.58. The van der Waals surface area contributed by atoms with E-state index in [2.05, 4.69) is 20.8 Å². The first-order chi connectivity index (χ1) is 10.6. The van der Waals surface area contributed by atoms with E-state index in [0.29, 0.717) is 23.7 Å². The molecule has 3 nitrogen and oxygen atoms in total. The fourth-order valence-electron chi connectivity index (χ4n) is 1.54. The number of rotatable bonds is 7. The van der Waals surface area contributed by atoms with Gasteiger partial charge in [0.25, 0.3) is 0 Å². The zero-order valence-corrected chi connectivity index (χ0v) is 15.5. The van der Waals surface area contributed by atoms with E-state index in [4.69, 9.17) is 9.47 Å². The van der Waals surface area contributed by atoms with Gasteiger partial charge in [0, 0.05) is 5.56 Å². The Kier molecular flexibility index (Phi) is 16.4. The zero-order chi connectivity index (χ0) is 17.4. The number of carbonyl (C=O) groups excluding carboxylic acids is 1. The molecule has 0 aromatic heterocycles. The van der Waals surface area contributed by atoms with Crippen LogP contribution in [0.15, 0.2) is 18.2 Å². The Morgan fingerprint density at radius 3 is 2.09 bits per heavy atom. The standard InChI is InChI=1S/C14H20O3.C3H8.C2H6/c1-4-5-6-9-17-14-10-12(11(2)15)7-8-13(14)16-3;1-3-2;1-2/h7-8,10H,4-6,9H2,1-3H3;3H2,1-2H3;1-2H3. The summed E-state index contributed by atoms with van der Waals surface area (Å²) in [6.45, 7) is 12.6. The van der Waals surface area contributed by atoms with Crippen molar-refractivity contribution in [1.82, 2.24) is 0 Å². The monoisotopic (exact) mass is 310 g/mol. The second-order valence-corrected chi connectivity index (χ2v) is 4.68. The normalized spacial score (nSPS) is 8.86. The number of carbonyl (C=O) groups is 1. The lowest BCUT2D eigenvalue weighted by atomic mass is 10.1. The highest BCUT2D eigenvalue weighted by molar-refractivity contribution is 5.94. The van der Waals surface area contributed by atoms with E-state index in [-0.39, 0.29) is 5.78 Å². The Morgan fingerprint density at radius 1 is 1.05 bits per heavy atom. The van der Waals surface area contributed by atoms with Gasteiger partial charge in [0.2, 0.25) is 0 Å². The third-order valence-corrected chi connectivity index (χ3v) is 2.58. The highest BCUT2D eigenvalue weighted by Crippen LogP contribution is 2.28. The molecule has 3 heteroatoms. The first kappa shape index (κ1) is 22.8. The van der Waals surface area contributed by atoms with Gasteiger partial charge < -0.3 is 9.47 Å². The minimum atomic E-state index is 0.0334. The number of hydrogen-bond donors (Lipinski definition) is 0. The molecule has 0 aliphatic heterocycles. The molecule has 0 amide bonds. The molecule has 22 heavy (non-hydrogen) atoms. The molecular weight excluding hydrogens is 276 g/mol. The van der Waals surface area contributed by atoms with Crippen LogP contribution in [0.4, 0.5) is 0 Å². The molecule has 1 aromatic rings. The summed E-state index contributed by atoms with van der Waals surface area (Å²) in [6.07, 6.45) is 4.58. The lowest BCUT2D eigenvalue weighted by Crippen LogP contribution is -2.01. The molecule has 0 bridgehead atoms. The topological polar surface area (TPSA) is 35.5 Å². The smallest absolute Gasteiger partial charge is 0.161 e. The summed E-state index contributed by atoms with van der Waals surface area (Å²) in [5.74, 6) is 1.36. The highest BCUT2D eigenvalue weighted by atomic mass is 16.5. The summed E-state index contributed by atoms with van der Waals surface area (Å²) in [6, 6.07) is 5.26. The molecule has 1 aromatic carbocycles. The van der Waals surface area contributed by atoms with Gasteiger partial charge in [0.05, 0.1) is 13.7 Å². The molecule has 0 spiro atoms. The van der Waals surface area contributed by atoms with Gasteiger partial charge in [-0.25, -0.2) is 0 Å². The Balaban J connectivity index is 0. The van der Waals surface area contributed by atoms with Gasteiger partial charge in [-0.15, -0.1) is 0 Å². The number of ether oxygens (including phenoxy) is 2. The molecule has 0 aliphatic rings. The summed E-state index contributed by atoms with van der Waals surface area (Å²) in [4.78, 5) is 11.3. The minimum Gasteiger partial charge on any atom is -0.493 e. The summed E-state index contributed by atoms with van der Waals surface area (Å²) < 4.78 is 10.8. The van der Waals surface area contributed by atoms with Gasteiger partial charge in [-0.05, 0) is 31.5 Å². The van der Waals surface area contributed by atoms with E-state index in [9.17, 15) is 4.79 Å². The summed E-state index contributed by atoms with van der Waals surface area (Å²) >= 11 is 0. The van der Waals surface area contributed by atoms with Crippen molar-refractivity contribution in [2.24, 2.45) is 0 Å². The van der Waals surface area contributed by atoms with Crippen LogP contribution in [-0.4, -0.2) is 19.5 Å². The summed E-state index contributed by atoms with van der Waals surface area (Å²) in [5, 5.41) is 0. The maximum Gasteiger partial charge on any atom is 0.161 e. The van der Waals surface area contributed by atoms with Crippen LogP contribution in [0.1, 0.15) is 77.6 Å². The van der Waals surface area contributed by atoms with Crippen LogP contribution < -0.4 is 9.47 Å². The van der Waals surface area contributed by atoms with Crippen molar-refractivity contribution >= 4 is 5.78 Å². The Labute approximate surface area is 137 Å². The van der Waals surface area contributed by atoms with Gasteiger partial charge in [-0.1, -0.05) is 53.9 Å². The average Bonchev–Trinajstić information content (AvgIpc) is 2.54. The van der Waals surface area contributed by atoms with E-state index in [0.717, 1.165) is 19.3 Å². The van der Waals surface area contributed by atoms with Crippen molar-refractivity contribution in [2.75, 3.05) is 13.7 Å². The van der Waals surface area contributed by atoms with Crippen LogP contribution in [0.25, 0.3) is 0 Å². The highest BCUT2D eigenvalue weighted by Gasteiger charge is 2.08. The van der Waals surface area contributed by atoms with Crippen LogP contribution in [-0.2, 0) is 0 Å². The predicted molar refractivity (Wildman–Crippen MR) is 95.3 cm³/mol. The third kappa shape index (κ3) is 10.3. The van der Waals surface area contributed by atoms with Crippen molar-refractivity contribution < 1.29 is 14.3 Å². The SMILES string of the molecule is CC.CCC.CCCCCOc1cc(C(C)=O)ccc1OC. The Hall–Kier alpha value is -1.51.